The van der Waals surface area contributed by atoms with Crippen molar-refractivity contribution in [1.82, 2.24) is 14.6 Å². The molecular formula is C19H20ClFN4O3S. The number of carbonyl (C=O) groups excluding carboxylic acids is 1. The topological polar surface area (TPSA) is 82.6 Å². The molecule has 1 aromatic heterocycles. The minimum atomic E-state index is -4.08. The fourth-order valence-electron chi connectivity index (χ4n) is 2.96. The molecule has 0 unspecified atom stereocenters. The molecule has 0 radical (unpaired) electrons. The molecule has 0 aliphatic carbocycles. The predicted molar refractivity (Wildman–Crippen MR) is 109 cm³/mol. The Hall–Kier alpha value is -2.49. The first-order valence-corrected chi connectivity index (χ1v) is 10.7. The van der Waals surface area contributed by atoms with Gasteiger partial charge in [0.15, 0.2) is 0 Å². The molecule has 0 atom stereocenters. The van der Waals surface area contributed by atoms with Crippen molar-refractivity contribution < 1.29 is 17.6 Å². The molecule has 0 saturated carbocycles. The first kappa shape index (κ1) is 21.2. The van der Waals surface area contributed by atoms with Crippen LogP contribution in [-0.2, 0) is 10.0 Å². The largest absolute Gasteiger partial charge is 0.353 e. The molecule has 7 nitrogen and oxygen atoms in total. The predicted octanol–water partition coefficient (Wildman–Crippen LogP) is 2.30. The van der Waals surface area contributed by atoms with Gasteiger partial charge in [-0.25, -0.2) is 22.5 Å². The van der Waals surface area contributed by atoms with Gasteiger partial charge in [-0.05, 0) is 30.3 Å². The lowest BCUT2D eigenvalue weighted by Crippen LogP contribution is -2.49. The van der Waals surface area contributed by atoms with Crippen LogP contribution in [0.5, 0.6) is 0 Å². The molecule has 0 bridgehead atoms. The molecule has 1 aliphatic rings. The van der Waals surface area contributed by atoms with E-state index in [1.165, 1.54) is 12.1 Å². The van der Waals surface area contributed by atoms with Gasteiger partial charge in [0.2, 0.25) is 10.0 Å². The molecule has 1 aromatic carbocycles. The van der Waals surface area contributed by atoms with E-state index >= 15 is 0 Å². The lowest BCUT2D eigenvalue weighted by molar-refractivity contribution is 0.0746. The van der Waals surface area contributed by atoms with Gasteiger partial charge in [-0.15, -0.1) is 6.58 Å². The summed E-state index contributed by atoms with van der Waals surface area (Å²) in [5.41, 5.74) is 0.114. The van der Waals surface area contributed by atoms with Gasteiger partial charge in [0.05, 0.1) is 5.02 Å². The maximum atomic E-state index is 14.1. The van der Waals surface area contributed by atoms with E-state index in [2.05, 4.69) is 16.3 Å². The van der Waals surface area contributed by atoms with Crippen molar-refractivity contribution >= 4 is 33.3 Å². The number of rotatable bonds is 6. The maximum absolute atomic E-state index is 14.1. The summed E-state index contributed by atoms with van der Waals surface area (Å²) in [5.74, 6) is -0.504. The summed E-state index contributed by atoms with van der Waals surface area (Å²) >= 11 is 5.85. The Kier molecular flexibility index (Phi) is 6.51. The van der Waals surface area contributed by atoms with Crippen LogP contribution in [-0.4, -0.2) is 56.9 Å². The average molecular weight is 439 g/mol. The van der Waals surface area contributed by atoms with Crippen LogP contribution < -0.4 is 9.62 Å². The Bertz CT molecular complexity index is 1010. The molecular weight excluding hydrogens is 419 g/mol. The number of pyridine rings is 1. The molecule has 2 heterocycles. The smallest absolute Gasteiger partial charge is 0.254 e. The Morgan fingerprint density at radius 2 is 1.97 bits per heavy atom. The minimum Gasteiger partial charge on any atom is -0.353 e. The lowest BCUT2D eigenvalue weighted by atomic mass is 10.1. The number of carbonyl (C=O) groups is 1. The lowest BCUT2D eigenvalue weighted by Gasteiger charge is -2.35. The van der Waals surface area contributed by atoms with Crippen LogP contribution in [0.3, 0.4) is 0 Å². The number of nitrogens with zero attached hydrogens (tertiary/aromatic N) is 3. The summed E-state index contributed by atoms with van der Waals surface area (Å²) in [6.07, 6.45) is 2.91. The van der Waals surface area contributed by atoms with E-state index in [1.54, 1.807) is 17.2 Å². The van der Waals surface area contributed by atoms with Crippen molar-refractivity contribution in [3.05, 3.63) is 65.6 Å². The van der Waals surface area contributed by atoms with Crippen molar-refractivity contribution in [2.45, 2.75) is 4.90 Å². The number of amides is 1. The average Bonchev–Trinajstić information content (AvgIpc) is 2.73. The molecule has 1 N–H and O–H groups in total. The van der Waals surface area contributed by atoms with Gasteiger partial charge in [0.1, 0.15) is 16.5 Å². The fraction of sp³-hybridized carbons (Fsp3) is 0.263. The third kappa shape index (κ3) is 4.92. The number of hydrogen-bond donors (Lipinski definition) is 1. The van der Waals surface area contributed by atoms with Crippen LogP contribution in [0.2, 0.25) is 5.02 Å². The molecule has 1 saturated heterocycles. The zero-order valence-electron chi connectivity index (χ0n) is 15.5. The SMILES string of the molecule is C=CCNS(=O)(=O)c1cc(C(=O)N2CCN(c3ccc(Cl)cn3)CC2)ccc1F. The van der Waals surface area contributed by atoms with Crippen molar-refractivity contribution in [2.24, 2.45) is 0 Å². The normalized spacial score (nSPS) is 14.7. The fourth-order valence-corrected chi connectivity index (χ4v) is 4.18. The summed E-state index contributed by atoms with van der Waals surface area (Å²) in [5, 5.41) is 0.548. The van der Waals surface area contributed by atoms with Crippen molar-refractivity contribution in [2.75, 3.05) is 37.6 Å². The van der Waals surface area contributed by atoms with Crippen LogP contribution in [0.1, 0.15) is 10.4 Å². The second kappa shape index (κ2) is 8.89. The molecule has 1 aliphatic heterocycles. The number of aromatic nitrogens is 1. The van der Waals surface area contributed by atoms with Gasteiger partial charge >= 0.3 is 0 Å². The zero-order chi connectivity index (χ0) is 21.0. The summed E-state index contributed by atoms with van der Waals surface area (Å²) in [7, 11) is -4.08. The molecule has 3 rings (SSSR count). The van der Waals surface area contributed by atoms with Crippen LogP contribution in [0.4, 0.5) is 10.2 Å². The van der Waals surface area contributed by atoms with Crippen LogP contribution >= 0.6 is 11.6 Å². The first-order chi connectivity index (χ1) is 13.8. The molecule has 2 aromatic rings. The Morgan fingerprint density at radius 3 is 2.59 bits per heavy atom. The highest BCUT2D eigenvalue weighted by Gasteiger charge is 2.25. The van der Waals surface area contributed by atoms with Crippen molar-refractivity contribution in [3.63, 3.8) is 0 Å². The maximum Gasteiger partial charge on any atom is 0.254 e. The van der Waals surface area contributed by atoms with Gasteiger partial charge < -0.3 is 9.80 Å². The quantitative estimate of drug-likeness (QED) is 0.700. The van der Waals surface area contributed by atoms with Crippen molar-refractivity contribution in [3.8, 4) is 0 Å². The third-order valence-corrected chi connectivity index (χ3v) is 6.15. The number of benzene rings is 1. The third-order valence-electron chi connectivity index (χ3n) is 4.49. The number of sulfonamides is 1. The van der Waals surface area contributed by atoms with Gasteiger partial charge in [0, 0.05) is 44.5 Å². The number of nitrogens with one attached hydrogen (secondary N) is 1. The highest BCUT2D eigenvalue weighted by atomic mass is 35.5. The van der Waals surface area contributed by atoms with E-state index in [1.807, 2.05) is 11.0 Å². The highest BCUT2D eigenvalue weighted by molar-refractivity contribution is 7.89. The number of piperazine rings is 1. The second-order valence-electron chi connectivity index (χ2n) is 6.40. The van der Waals surface area contributed by atoms with E-state index in [0.717, 1.165) is 18.0 Å². The number of anilines is 1. The summed E-state index contributed by atoms with van der Waals surface area (Å²) < 4.78 is 40.8. The number of hydrogen-bond acceptors (Lipinski definition) is 5. The van der Waals surface area contributed by atoms with E-state index in [0.29, 0.717) is 31.2 Å². The molecule has 29 heavy (non-hydrogen) atoms. The van der Waals surface area contributed by atoms with Crippen LogP contribution in [0, 0.1) is 5.82 Å². The zero-order valence-corrected chi connectivity index (χ0v) is 17.1. The minimum absolute atomic E-state index is 0.0410. The second-order valence-corrected chi connectivity index (χ2v) is 8.57. The first-order valence-electron chi connectivity index (χ1n) is 8.88. The van der Waals surface area contributed by atoms with Crippen LogP contribution in [0.15, 0.2) is 54.1 Å². The molecule has 0 spiro atoms. The summed E-state index contributed by atoms with van der Waals surface area (Å²) in [6, 6.07) is 6.91. The van der Waals surface area contributed by atoms with Gasteiger partial charge in [-0.2, -0.15) is 0 Å². The van der Waals surface area contributed by atoms with Crippen molar-refractivity contribution in [1.29, 1.82) is 0 Å². The van der Waals surface area contributed by atoms with E-state index in [9.17, 15) is 17.6 Å². The Morgan fingerprint density at radius 1 is 1.24 bits per heavy atom. The molecule has 154 valence electrons. The molecule has 1 amide bonds. The Labute approximate surface area is 173 Å². The number of halogens is 2. The highest BCUT2D eigenvalue weighted by Crippen LogP contribution is 2.20. The van der Waals surface area contributed by atoms with Gasteiger partial charge in [-0.1, -0.05) is 17.7 Å². The van der Waals surface area contributed by atoms with E-state index in [-0.39, 0.29) is 18.0 Å². The van der Waals surface area contributed by atoms with Gasteiger partial charge in [0.25, 0.3) is 5.91 Å². The summed E-state index contributed by atoms with van der Waals surface area (Å²) in [4.78, 5) is 20.2. The standard InChI is InChI=1S/C19H20ClFN4O3S/c1-2-7-23-29(27,28)17-12-14(3-5-16(17)21)19(26)25-10-8-24(9-11-25)18-6-4-15(20)13-22-18/h2-6,12-13,23H,1,7-11H2. The molecule has 10 heteroatoms. The van der Waals surface area contributed by atoms with E-state index < -0.39 is 20.7 Å². The van der Waals surface area contributed by atoms with Crippen LogP contribution in [0.25, 0.3) is 0 Å². The monoisotopic (exact) mass is 438 g/mol. The summed E-state index contributed by atoms with van der Waals surface area (Å²) in [6.45, 7) is 5.36. The Balaban J connectivity index is 1.72. The molecule has 1 fully saturated rings. The van der Waals surface area contributed by atoms with Gasteiger partial charge in [-0.3, -0.25) is 4.79 Å². The van der Waals surface area contributed by atoms with E-state index in [4.69, 9.17) is 11.6 Å².